The number of carbonyl (C=O) groups is 1. The van der Waals surface area contributed by atoms with E-state index in [1.165, 1.54) is 0 Å². The van der Waals surface area contributed by atoms with Gasteiger partial charge in [-0.1, -0.05) is 72.3 Å². The van der Waals surface area contributed by atoms with Gasteiger partial charge in [0.25, 0.3) is 0 Å². The van der Waals surface area contributed by atoms with Crippen molar-refractivity contribution in [1.82, 2.24) is 0 Å². The Morgan fingerprint density at radius 3 is 2.25 bits per heavy atom. The number of benzene rings is 3. The van der Waals surface area contributed by atoms with Gasteiger partial charge in [0.1, 0.15) is 6.04 Å². The highest BCUT2D eigenvalue weighted by Crippen LogP contribution is 2.55. The van der Waals surface area contributed by atoms with Gasteiger partial charge in [0, 0.05) is 22.2 Å². The first-order valence-corrected chi connectivity index (χ1v) is 10.7. The van der Waals surface area contributed by atoms with Crippen LogP contribution >= 0.6 is 11.6 Å². The van der Waals surface area contributed by atoms with E-state index in [4.69, 9.17) is 11.6 Å². The molecule has 5 rings (SSSR count). The lowest BCUT2D eigenvalue weighted by Gasteiger charge is -2.35. The van der Waals surface area contributed by atoms with Crippen molar-refractivity contribution in [3.63, 3.8) is 0 Å². The first-order valence-electron chi connectivity index (χ1n) is 10.3. The zero-order chi connectivity index (χ0) is 22.3. The molecule has 154 valence electrons. The van der Waals surface area contributed by atoms with Crippen molar-refractivity contribution < 1.29 is 4.79 Å². The second kappa shape index (κ2) is 7.68. The summed E-state index contributed by atoms with van der Waals surface area (Å²) in [6.45, 7) is 0. The summed E-state index contributed by atoms with van der Waals surface area (Å²) in [5.41, 5.74) is 1.66. The average molecular weight is 436 g/mol. The summed E-state index contributed by atoms with van der Waals surface area (Å²) in [4.78, 5) is 16.0. The predicted molar refractivity (Wildman–Crippen MR) is 124 cm³/mol. The summed E-state index contributed by atoms with van der Waals surface area (Å²) in [6.07, 6.45) is 3.83. The summed E-state index contributed by atoms with van der Waals surface area (Å²) < 4.78 is 0. The standard InChI is InChI=1S/C27H18ClN3O/c28-21-13-10-20(11-14-21)26(32)25-24(19-7-2-1-3-8-19)27(16-29,17-30)23-15-12-18-6-4-5-9-22(18)31(23)25/h1-15,23-25H/t23?,24-,25+/m0/s1. The van der Waals surface area contributed by atoms with Gasteiger partial charge in [0.15, 0.2) is 11.2 Å². The summed E-state index contributed by atoms with van der Waals surface area (Å²) in [7, 11) is 0. The molecule has 2 aliphatic rings. The number of nitriles is 2. The number of halogens is 1. The molecule has 4 nitrogen and oxygen atoms in total. The Bertz CT molecular complexity index is 1290. The molecule has 2 heterocycles. The van der Waals surface area contributed by atoms with Gasteiger partial charge in [-0.05, 0) is 41.5 Å². The van der Waals surface area contributed by atoms with Gasteiger partial charge in [-0.2, -0.15) is 10.5 Å². The molecule has 2 aliphatic heterocycles. The van der Waals surface area contributed by atoms with E-state index >= 15 is 0 Å². The Morgan fingerprint density at radius 1 is 0.906 bits per heavy atom. The minimum absolute atomic E-state index is 0.141. The molecule has 0 amide bonds. The van der Waals surface area contributed by atoms with Gasteiger partial charge in [-0.15, -0.1) is 0 Å². The predicted octanol–water partition coefficient (Wildman–Crippen LogP) is 5.62. The van der Waals surface area contributed by atoms with E-state index < -0.39 is 23.4 Å². The Morgan fingerprint density at radius 2 is 1.56 bits per heavy atom. The number of hydrogen-bond acceptors (Lipinski definition) is 4. The van der Waals surface area contributed by atoms with Crippen LogP contribution in [0, 0.1) is 28.1 Å². The van der Waals surface area contributed by atoms with Crippen LogP contribution in [0.1, 0.15) is 27.4 Å². The quantitative estimate of drug-likeness (QED) is 0.500. The van der Waals surface area contributed by atoms with Gasteiger partial charge in [-0.25, -0.2) is 0 Å². The van der Waals surface area contributed by atoms with Crippen molar-refractivity contribution in [3.8, 4) is 12.1 Å². The van der Waals surface area contributed by atoms with Crippen LogP contribution in [0.15, 0.2) is 84.9 Å². The van der Waals surface area contributed by atoms with Crippen LogP contribution in [0.4, 0.5) is 5.69 Å². The molecule has 3 atom stereocenters. The Labute approximate surface area is 191 Å². The number of hydrogen-bond donors (Lipinski definition) is 0. The third-order valence-electron chi connectivity index (χ3n) is 6.47. The summed E-state index contributed by atoms with van der Waals surface area (Å²) in [6, 6.07) is 27.3. The maximum atomic E-state index is 14.0. The second-order valence-electron chi connectivity index (χ2n) is 8.07. The topological polar surface area (TPSA) is 67.9 Å². The second-order valence-corrected chi connectivity index (χ2v) is 8.50. The number of para-hydroxylation sites is 1. The molecule has 3 aromatic carbocycles. The van der Waals surface area contributed by atoms with E-state index in [1.54, 1.807) is 24.3 Å². The molecule has 0 bridgehead atoms. The molecule has 1 fully saturated rings. The van der Waals surface area contributed by atoms with Crippen LogP contribution in [0.5, 0.6) is 0 Å². The molecule has 0 spiro atoms. The number of anilines is 1. The smallest absolute Gasteiger partial charge is 0.185 e. The first-order chi connectivity index (χ1) is 15.6. The van der Waals surface area contributed by atoms with E-state index in [-0.39, 0.29) is 5.78 Å². The molecule has 0 radical (unpaired) electrons. The van der Waals surface area contributed by atoms with Gasteiger partial charge in [-0.3, -0.25) is 4.79 Å². The van der Waals surface area contributed by atoms with Crippen molar-refractivity contribution in [1.29, 1.82) is 10.5 Å². The van der Waals surface area contributed by atoms with Crippen molar-refractivity contribution >= 4 is 29.1 Å². The molecule has 1 unspecified atom stereocenters. The number of ketones is 1. The van der Waals surface area contributed by atoms with Crippen LogP contribution in [0.2, 0.25) is 5.02 Å². The molecule has 0 aromatic heterocycles. The third-order valence-corrected chi connectivity index (χ3v) is 6.72. The molecular formula is C27H18ClN3O. The Kier molecular flexibility index (Phi) is 4.82. The Hall–Kier alpha value is -3.86. The first kappa shape index (κ1) is 20.1. The van der Waals surface area contributed by atoms with Crippen molar-refractivity contribution in [2.75, 3.05) is 4.90 Å². The Balaban J connectivity index is 1.78. The monoisotopic (exact) mass is 435 g/mol. The summed E-state index contributed by atoms with van der Waals surface area (Å²) >= 11 is 6.05. The molecule has 3 aromatic rings. The highest BCUT2D eigenvalue weighted by atomic mass is 35.5. The lowest BCUT2D eigenvalue weighted by Crippen LogP contribution is -2.44. The largest absolute Gasteiger partial charge is 0.351 e. The lowest BCUT2D eigenvalue weighted by atomic mass is 9.69. The van der Waals surface area contributed by atoms with Crippen LogP contribution in [-0.2, 0) is 0 Å². The molecular weight excluding hydrogens is 418 g/mol. The maximum Gasteiger partial charge on any atom is 0.185 e. The van der Waals surface area contributed by atoms with E-state index in [2.05, 4.69) is 12.1 Å². The zero-order valence-corrected chi connectivity index (χ0v) is 17.8. The summed E-state index contributed by atoms with van der Waals surface area (Å²) in [5.74, 6) is -0.777. The van der Waals surface area contributed by atoms with Crippen LogP contribution in [0.25, 0.3) is 6.08 Å². The van der Waals surface area contributed by atoms with E-state index in [0.717, 1.165) is 16.8 Å². The summed E-state index contributed by atoms with van der Waals surface area (Å²) in [5, 5.41) is 21.3. The highest BCUT2D eigenvalue weighted by Gasteiger charge is 2.63. The van der Waals surface area contributed by atoms with Crippen LogP contribution < -0.4 is 4.90 Å². The van der Waals surface area contributed by atoms with Crippen LogP contribution in [-0.4, -0.2) is 17.9 Å². The molecule has 0 aliphatic carbocycles. The van der Waals surface area contributed by atoms with Crippen LogP contribution in [0.3, 0.4) is 0 Å². The van der Waals surface area contributed by atoms with Crippen molar-refractivity contribution in [2.45, 2.75) is 18.0 Å². The fourth-order valence-electron chi connectivity index (χ4n) is 5.05. The van der Waals surface area contributed by atoms with Crippen molar-refractivity contribution in [3.05, 3.63) is 107 Å². The van der Waals surface area contributed by atoms with E-state index in [0.29, 0.717) is 10.6 Å². The lowest BCUT2D eigenvalue weighted by molar-refractivity contribution is 0.0951. The minimum Gasteiger partial charge on any atom is -0.351 e. The van der Waals surface area contributed by atoms with Crippen molar-refractivity contribution in [2.24, 2.45) is 5.41 Å². The number of carbonyl (C=O) groups excluding carboxylic acids is 1. The SMILES string of the molecule is N#CC1(C#N)C2C=Cc3ccccc3N2[C@@H](C(=O)c2ccc(Cl)cc2)[C@@H]1c1ccccc1. The fraction of sp³-hybridized carbons (Fsp3) is 0.148. The zero-order valence-electron chi connectivity index (χ0n) is 17.0. The number of rotatable bonds is 3. The van der Waals surface area contributed by atoms with Gasteiger partial charge in [0.2, 0.25) is 0 Å². The van der Waals surface area contributed by atoms with Gasteiger partial charge in [0.05, 0.1) is 18.2 Å². The van der Waals surface area contributed by atoms with Gasteiger partial charge < -0.3 is 4.90 Å². The average Bonchev–Trinajstić information content (AvgIpc) is 3.15. The maximum absolute atomic E-state index is 14.0. The third kappa shape index (κ3) is 2.85. The molecule has 1 saturated heterocycles. The number of nitrogens with zero attached hydrogens (tertiary/aromatic N) is 3. The molecule has 32 heavy (non-hydrogen) atoms. The number of fused-ring (bicyclic) bond motifs is 3. The normalized spacial score (nSPS) is 22.3. The molecule has 0 saturated carbocycles. The minimum atomic E-state index is -1.43. The van der Waals surface area contributed by atoms with Gasteiger partial charge >= 0.3 is 0 Å². The molecule has 0 N–H and O–H groups in total. The molecule has 5 heteroatoms. The van der Waals surface area contributed by atoms with E-state index in [1.807, 2.05) is 71.6 Å². The highest BCUT2D eigenvalue weighted by molar-refractivity contribution is 6.30. The fourth-order valence-corrected chi connectivity index (χ4v) is 5.18. The number of Topliss-reactive ketones (excluding diaryl/α,β-unsaturated/α-hetero) is 1. The van der Waals surface area contributed by atoms with E-state index in [9.17, 15) is 15.3 Å².